The lowest BCUT2D eigenvalue weighted by Crippen LogP contribution is -2.51. The molecule has 0 saturated heterocycles. The van der Waals surface area contributed by atoms with E-state index >= 15 is 0 Å². The minimum atomic E-state index is -1.26. The van der Waals surface area contributed by atoms with E-state index in [2.05, 4.69) is 0 Å². The Morgan fingerprint density at radius 3 is 2.11 bits per heavy atom. The fraction of sp³-hybridized carbons (Fsp3) is 0.550. The van der Waals surface area contributed by atoms with Crippen molar-refractivity contribution in [1.29, 1.82) is 0 Å². The van der Waals surface area contributed by atoms with Gasteiger partial charge in [0, 0.05) is 5.54 Å². The van der Waals surface area contributed by atoms with Crippen LogP contribution in [0.1, 0.15) is 47.1 Å². The van der Waals surface area contributed by atoms with Gasteiger partial charge < -0.3 is 14.6 Å². The van der Waals surface area contributed by atoms with Crippen LogP contribution in [0.25, 0.3) is 0 Å². The first-order valence-corrected chi connectivity index (χ1v) is 8.77. The van der Waals surface area contributed by atoms with Crippen molar-refractivity contribution in [1.82, 2.24) is 4.90 Å². The van der Waals surface area contributed by atoms with E-state index in [1.165, 1.54) is 25.7 Å². The molecular weight excluding hydrogens is 350 g/mol. The zero-order chi connectivity index (χ0) is 20.8. The molecule has 7 nitrogen and oxygen atoms in total. The Bertz CT molecular complexity index is 663. The zero-order valence-electron chi connectivity index (χ0n) is 16.8. The lowest BCUT2D eigenvalue weighted by molar-refractivity contribution is -0.154. The number of nitrogens with zero attached hydrogens (tertiary/aromatic N) is 1. The highest BCUT2D eigenvalue weighted by atomic mass is 16.6. The molecule has 0 aliphatic rings. The number of carbonyl (C=O) groups is 3. The molecule has 1 aromatic carbocycles. The SMILES string of the molecule is CC(OC(=O)N(CC(=O)OCc1ccccc1)C(C)(C)C)C(C)(C)C(=O)O. The molecule has 1 atom stereocenters. The summed E-state index contributed by atoms with van der Waals surface area (Å²) in [6.45, 7) is 9.54. The van der Waals surface area contributed by atoms with Gasteiger partial charge in [-0.25, -0.2) is 4.79 Å². The second-order valence-corrected chi connectivity index (χ2v) is 7.96. The normalized spacial score (nSPS) is 12.8. The number of aliphatic carboxylic acids is 1. The number of benzene rings is 1. The molecule has 1 rings (SSSR count). The Balaban J connectivity index is 2.76. The first-order valence-electron chi connectivity index (χ1n) is 8.77. The molecular formula is C20H29NO6. The van der Waals surface area contributed by atoms with Crippen molar-refractivity contribution in [3.8, 4) is 0 Å². The smallest absolute Gasteiger partial charge is 0.411 e. The lowest BCUT2D eigenvalue weighted by Gasteiger charge is -2.36. The molecule has 1 aromatic rings. The maximum Gasteiger partial charge on any atom is 0.411 e. The van der Waals surface area contributed by atoms with Gasteiger partial charge in [-0.2, -0.15) is 0 Å². The van der Waals surface area contributed by atoms with Crippen molar-refractivity contribution in [3.63, 3.8) is 0 Å². The summed E-state index contributed by atoms with van der Waals surface area (Å²) in [4.78, 5) is 37.3. The summed E-state index contributed by atoms with van der Waals surface area (Å²) >= 11 is 0. The topological polar surface area (TPSA) is 93.1 Å². The Morgan fingerprint density at radius 1 is 1.07 bits per heavy atom. The standard InChI is InChI=1S/C20H29NO6/c1-14(20(5,6)17(23)24)27-18(25)21(19(2,3)4)12-16(22)26-13-15-10-8-7-9-11-15/h7-11,14H,12-13H2,1-6H3,(H,23,24). The Hall–Kier alpha value is -2.57. The predicted molar refractivity (Wildman–Crippen MR) is 100 cm³/mol. The van der Waals surface area contributed by atoms with Gasteiger partial charge in [-0.1, -0.05) is 30.3 Å². The summed E-state index contributed by atoms with van der Waals surface area (Å²) < 4.78 is 10.6. The first kappa shape index (κ1) is 22.5. The van der Waals surface area contributed by atoms with Gasteiger partial charge in [0.25, 0.3) is 0 Å². The minimum Gasteiger partial charge on any atom is -0.481 e. The van der Waals surface area contributed by atoms with E-state index in [1.807, 2.05) is 30.3 Å². The van der Waals surface area contributed by atoms with Crippen LogP contribution in [0.4, 0.5) is 4.79 Å². The average Bonchev–Trinajstić information content (AvgIpc) is 2.57. The van der Waals surface area contributed by atoms with Gasteiger partial charge >= 0.3 is 18.0 Å². The number of carbonyl (C=O) groups excluding carboxylic acids is 2. The van der Waals surface area contributed by atoms with Gasteiger partial charge in [-0.05, 0) is 47.1 Å². The van der Waals surface area contributed by atoms with Gasteiger partial charge in [-0.3, -0.25) is 14.5 Å². The highest BCUT2D eigenvalue weighted by molar-refractivity contribution is 5.79. The first-order chi connectivity index (χ1) is 12.4. The fourth-order valence-corrected chi connectivity index (χ4v) is 2.02. The number of rotatable bonds is 7. The van der Waals surface area contributed by atoms with E-state index in [0.717, 1.165) is 5.56 Å². The van der Waals surface area contributed by atoms with Crippen molar-refractivity contribution >= 4 is 18.0 Å². The average molecular weight is 379 g/mol. The number of hydrogen-bond donors (Lipinski definition) is 1. The van der Waals surface area contributed by atoms with Crippen LogP contribution in [0.2, 0.25) is 0 Å². The van der Waals surface area contributed by atoms with Gasteiger partial charge in [0.2, 0.25) is 0 Å². The molecule has 1 amide bonds. The van der Waals surface area contributed by atoms with Gasteiger partial charge in [0.05, 0.1) is 5.41 Å². The van der Waals surface area contributed by atoms with Crippen LogP contribution >= 0.6 is 0 Å². The Kier molecular flexibility index (Phi) is 7.39. The third kappa shape index (κ3) is 6.58. The number of carboxylic acids is 1. The highest BCUT2D eigenvalue weighted by Crippen LogP contribution is 2.25. The number of carboxylic acid groups (broad SMARTS) is 1. The summed E-state index contributed by atoms with van der Waals surface area (Å²) in [5.74, 6) is -1.65. The summed E-state index contributed by atoms with van der Waals surface area (Å²) in [6.07, 6.45) is -1.64. The summed E-state index contributed by atoms with van der Waals surface area (Å²) in [7, 11) is 0. The van der Waals surface area contributed by atoms with Crippen LogP contribution < -0.4 is 0 Å². The molecule has 0 aromatic heterocycles. The Morgan fingerprint density at radius 2 is 1.63 bits per heavy atom. The van der Waals surface area contributed by atoms with Crippen LogP contribution in [0.5, 0.6) is 0 Å². The molecule has 7 heteroatoms. The number of amides is 1. The van der Waals surface area contributed by atoms with Crippen LogP contribution in [0, 0.1) is 5.41 Å². The molecule has 1 N–H and O–H groups in total. The van der Waals surface area contributed by atoms with Crippen molar-refractivity contribution in [2.75, 3.05) is 6.54 Å². The number of hydrogen-bond acceptors (Lipinski definition) is 5. The molecule has 0 saturated carbocycles. The minimum absolute atomic E-state index is 0.106. The number of ether oxygens (including phenoxy) is 2. The molecule has 27 heavy (non-hydrogen) atoms. The van der Waals surface area contributed by atoms with Crippen LogP contribution in [-0.2, 0) is 25.7 Å². The monoisotopic (exact) mass is 379 g/mol. The van der Waals surface area contributed by atoms with E-state index in [1.54, 1.807) is 20.8 Å². The van der Waals surface area contributed by atoms with Crippen LogP contribution in [0.3, 0.4) is 0 Å². The summed E-state index contributed by atoms with van der Waals surface area (Å²) in [5.41, 5.74) is -1.13. The van der Waals surface area contributed by atoms with Gasteiger partial charge in [0.15, 0.2) is 0 Å². The maximum atomic E-state index is 12.6. The Labute approximate surface area is 160 Å². The highest BCUT2D eigenvalue weighted by Gasteiger charge is 2.39. The van der Waals surface area contributed by atoms with Crippen molar-refractivity contribution in [2.24, 2.45) is 5.41 Å². The molecule has 0 radical (unpaired) electrons. The zero-order valence-corrected chi connectivity index (χ0v) is 16.8. The van der Waals surface area contributed by atoms with Crippen molar-refractivity contribution < 1.29 is 29.0 Å². The van der Waals surface area contributed by atoms with E-state index in [0.29, 0.717) is 0 Å². The van der Waals surface area contributed by atoms with E-state index < -0.39 is 35.1 Å². The molecule has 1 unspecified atom stereocenters. The van der Waals surface area contributed by atoms with Crippen molar-refractivity contribution in [2.45, 2.75) is 59.8 Å². The second kappa shape index (κ2) is 8.88. The second-order valence-electron chi connectivity index (χ2n) is 7.96. The van der Waals surface area contributed by atoms with E-state index in [4.69, 9.17) is 9.47 Å². The van der Waals surface area contributed by atoms with Crippen LogP contribution in [-0.4, -0.2) is 46.2 Å². The molecule has 0 bridgehead atoms. The van der Waals surface area contributed by atoms with Gasteiger partial charge in [-0.15, -0.1) is 0 Å². The van der Waals surface area contributed by atoms with E-state index in [9.17, 15) is 19.5 Å². The summed E-state index contributed by atoms with van der Waals surface area (Å²) in [6, 6.07) is 9.21. The number of esters is 1. The molecule has 0 fully saturated rings. The molecule has 0 aliphatic carbocycles. The third-order valence-electron chi connectivity index (χ3n) is 4.41. The van der Waals surface area contributed by atoms with E-state index in [-0.39, 0.29) is 13.2 Å². The van der Waals surface area contributed by atoms with Gasteiger partial charge in [0.1, 0.15) is 19.3 Å². The summed E-state index contributed by atoms with van der Waals surface area (Å²) in [5, 5.41) is 9.27. The maximum absolute atomic E-state index is 12.6. The molecule has 0 spiro atoms. The quantitative estimate of drug-likeness (QED) is 0.729. The fourth-order valence-electron chi connectivity index (χ4n) is 2.02. The van der Waals surface area contributed by atoms with Crippen LogP contribution in [0.15, 0.2) is 30.3 Å². The molecule has 150 valence electrons. The lowest BCUT2D eigenvalue weighted by atomic mass is 9.88. The third-order valence-corrected chi connectivity index (χ3v) is 4.41. The van der Waals surface area contributed by atoms with Crippen molar-refractivity contribution in [3.05, 3.63) is 35.9 Å². The predicted octanol–water partition coefficient (Wildman–Crippen LogP) is 3.47. The largest absolute Gasteiger partial charge is 0.481 e. The molecule has 0 aliphatic heterocycles. The molecule has 0 heterocycles.